The zero-order valence-corrected chi connectivity index (χ0v) is 10.3. The van der Waals surface area contributed by atoms with Gasteiger partial charge in [-0.15, -0.1) is 0 Å². The molecular formula is C10H12ClNO3S. The highest BCUT2D eigenvalue weighted by Gasteiger charge is 2.17. The first-order chi connectivity index (χ1) is 7.56. The predicted octanol–water partition coefficient (Wildman–Crippen LogP) is 2.86. The maximum absolute atomic E-state index is 10.8. The molecule has 1 aromatic rings. The Bertz CT molecular complexity index is 386. The number of thioether (sulfide) groups is 1. The van der Waals surface area contributed by atoms with Crippen LogP contribution in [0.25, 0.3) is 0 Å². The highest BCUT2D eigenvalue weighted by molar-refractivity contribution is 7.99. The lowest BCUT2D eigenvalue weighted by atomic mass is 10.2. The fourth-order valence-corrected chi connectivity index (χ4v) is 2.32. The van der Waals surface area contributed by atoms with E-state index in [1.165, 1.54) is 17.8 Å². The number of halogens is 1. The van der Waals surface area contributed by atoms with Gasteiger partial charge in [0.15, 0.2) is 0 Å². The Morgan fingerprint density at radius 1 is 1.62 bits per heavy atom. The molecule has 1 aromatic carbocycles. The van der Waals surface area contributed by atoms with Crippen LogP contribution in [0.3, 0.4) is 0 Å². The molecule has 1 rings (SSSR count). The summed E-state index contributed by atoms with van der Waals surface area (Å²) in [6.45, 7) is 1.90. The molecule has 1 unspecified atom stereocenters. The number of aliphatic hydroxyl groups excluding tert-OH is 1. The van der Waals surface area contributed by atoms with Gasteiger partial charge < -0.3 is 5.11 Å². The van der Waals surface area contributed by atoms with Crippen LogP contribution in [0, 0.1) is 10.1 Å². The molecule has 88 valence electrons. The number of benzene rings is 1. The first kappa shape index (κ1) is 13.3. The molecule has 0 radical (unpaired) electrons. The molecule has 0 amide bonds. The van der Waals surface area contributed by atoms with E-state index >= 15 is 0 Å². The maximum Gasteiger partial charge on any atom is 0.274 e. The van der Waals surface area contributed by atoms with Crippen molar-refractivity contribution in [1.29, 1.82) is 0 Å². The van der Waals surface area contributed by atoms with Gasteiger partial charge in [-0.1, -0.05) is 24.6 Å². The first-order valence-electron chi connectivity index (χ1n) is 4.70. The van der Waals surface area contributed by atoms with E-state index in [0.29, 0.717) is 16.3 Å². The minimum Gasteiger partial charge on any atom is -0.395 e. The molecule has 1 atom stereocenters. The molecule has 0 saturated carbocycles. The highest BCUT2D eigenvalue weighted by atomic mass is 35.5. The highest BCUT2D eigenvalue weighted by Crippen LogP contribution is 2.31. The van der Waals surface area contributed by atoms with Crippen LogP contribution in [0.2, 0.25) is 5.02 Å². The van der Waals surface area contributed by atoms with Crippen LogP contribution in [-0.2, 0) is 5.75 Å². The number of hydrogen-bond donors (Lipinski definition) is 1. The van der Waals surface area contributed by atoms with Gasteiger partial charge in [-0.05, 0) is 6.07 Å². The van der Waals surface area contributed by atoms with Gasteiger partial charge in [0.1, 0.15) is 0 Å². The van der Waals surface area contributed by atoms with E-state index in [-0.39, 0.29) is 17.5 Å². The number of rotatable bonds is 5. The second kappa shape index (κ2) is 6.08. The van der Waals surface area contributed by atoms with Gasteiger partial charge in [0, 0.05) is 17.1 Å². The lowest BCUT2D eigenvalue weighted by molar-refractivity contribution is -0.385. The second-order valence-electron chi connectivity index (χ2n) is 3.30. The minimum absolute atomic E-state index is 0.0325. The SMILES string of the molecule is CC(CO)SCc1c(Cl)cccc1[N+](=O)[O-]. The van der Waals surface area contributed by atoms with Crippen molar-refractivity contribution in [3.8, 4) is 0 Å². The molecule has 4 nitrogen and oxygen atoms in total. The summed E-state index contributed by atoms with van der Waals surface area (Å²) in [7, 11) is 0. The molecule has 0 saturated heterocycles. The van der Waals surface area contributed by atoms with Crippen molar-refractivity contribution in [2.45, 2.75) is 17.9 Å². The third-order valence-electron chi connectivity index (χ3n) is 2.06. The fourth-order valence-electron chi connectivity index (χ4n) is 1.14. The van der Waals surface area contributed by atoms with Gasteiger partial charge in [-0.2, -0.15) is 11.8 Å². The van der Waals surface area contributed by atoms with E-state index in [1.54, 1.807) is 12.1 Å². The summed E-state index contributed by atoms with van der Waals surface area (Å²) in [5.74, 6) is 0.428. The van der Waals surface area contributed by atoms with Crippen molar-refractivity contribution >= 4 is 29.1 Å². The van der Waals surface area contributed by atoms with Gasteiger partial charge in [0.25, 0.3) is 5.69 Å². The Kier molecular flexibility index (Phi) is 5.05. The molecule has 0 bridgehead atoms. The Hall–Kier alpha value is -0.780. The van der Waals surface area contributed by atoms with Crippen LogP contribution in [0.15, 0.2) is 18.2 Å². The molecule has 6 heteroatoms. The van der Waals surface area contributed by atoms with Crippen molar-refractivity contribution in [2.75, 3.05) is 6.61 Å². The predicted molar refractivity (Wildman–Crippen MR) is 65.9 cm³/mol. The van der Waals surface area contributed by atoms with Crippen molar-refractivity contribution in [1.82, 2.24) is 0 Å². The zero-order valence-electron chi connectivity index (χ0n) is 8.72. The summed E-state index contributed by atoms with van der Waals surface area (Å²) in [5.41, 5.74) is 0.546. The van der Waals surface area contributed by atoms with E-state index in [9.17, 15) is 10.1 Å². The van der Waals surface area contributed by atoms with Crippen LogP contribution in [0.5, 0.6) is 0 Å². The smallest absolute Gasteiger partial charge is 0.274 e. The zero-order chi connectivity index (χ0) is 12.1. The van der Waals surface area contributed by atoms with Crippen LogP contribution >= 0.6 is 23.4 Å². The molecular weight excluding hydrogens is 250 g/mol. The maximum atomic E-state index is 10.8. The normalized spacial score (nSPS) is 12.4. The Morgan fingerprint density at radius 3 is 2.88 bits per heavy atom. The molecule has 0 heterocycles. The minimum atomic E-state index is -0.439. The van der Waals surface area contributed by atoms with E-state index in [1.807, 2.05) is 6.92 Å². The molecule has 16 heavy (non-hydrogen) atoms. The average molecular weight is 262 g/mol. The standard InChI is InChI=1S/C10H12ClNO3S/c1-7(5-13)16-6-8-9(11)3-2-4-10(8)12(14)15/h2-4,7,13H,5-6H2,1H3. The average Bonchev–Trinajstić information content (AvgIpc) is 2.26. The number of aliphatic hydroxyl groups is 1. The molecule has 0 fully saturated rings. The van der Waals surface area contributed by atoms with Gasteiger partial charge in [-0.3, -0.25) is 10.1 Å². The summed E-state index contributed by atoms with van der Waals surface area (Å²) < 4.78 is 0. The van der Waals surface area contributed by atoms with Crippen molar-refractivity contribution in [3.05, 3.63) is 38.9 Å². The molecule has 0 aliphatic heterocycles. The lowest BCUT2D eigenvalue weighted by Gasteiger charge is -2.08. The summed E-state index contributed by atoms with van der Waals surface area (Å²) in [5, 5.41) is 20.1. The monoisotopic (exact) mass is 261 g/mol. The molecule has 0 aromatic heterocycles. The van der Waals surface area contributed by atoms with Crippen LogP contribution in [0.4, 0.5) is 5.69 Å². The van der Waals surface area contributed by atoms with E-state index in [4.69, 9.17) is 16.7 Å². The van der Waals surface area contributed by atoms with Crippen molar-refractivity contribution < 1.29 is 10.0 Å². The Balaban J connectivity index is 2.88. The molecule has 0 aliphatic carbocycles. The molecule has 0 spiro atoms. The number of nitro benzene ring substituents is 1. The molecule has 1 N–H and O–H groups in total. The summed E-state index contributed by atoms with van der Waals surface area (Å²) in [4.78, 5) is 10.3. The second-order valence-corrected chi connectivity index (χ2v) is 5.13. The van der Waals surface area contributed by atoms with Gasteiger partial charge in [0.2, 0.25) is 0 Å². The topological polar surface area (TPSA) is 63.4 Å². The van der Waals surface area contributed by atoms with E-state index in [2.05, 4.69) is 0 Å². The fraction of sp³-hybridized carbons (Fsp3) is 0.400. The summed E-state index contributed by atoms with van der Waals surface area (Å²) in [6, 6.07) is 4.63. The summed E-state index contributed by atoms with van der Waals surface area (Å²) in [6.07, 6.45) is 0. The number of nitro groups is 1. The van der Waals surface area contributed by atoms with Gasteiger partial charge in [-0.25, -0.2) is 0 Å². The van der Waals surface area contributed by atoms with Crippen molar-refractivity contribution in [2.24, 2.45) is 0 Å². The van der Waals surface area contributed by atoms with Crippen LogP contribution in [-0.4, -0.2) is 21.9 Å². The van der Waals surface area contributed by atoms with Crippen LogP contribution in [0.1, 0.15) is 12.5 Å². The Labute approximate surface area is 103 Å². The van der Waals surface area contributed by atoms with E-state index < -0.39 is 4.92 Å². The largest absolute Gasteiger partial charge is 0.395 e. The quantitative estimate of drug-likeness (QED) is 0.654. The number of hydrogen-bond acceptors (Lipinski definition) is 4. The van der Waals surface area contributed by atoms with Gasteiger partial charge in [0.05, 0.1) is 22.1 Å². The molecule has 0 aliphatic rings. The number of nitrogens with zero attached hydrogens (tertiary/aromatic N) is 1. The third-order valence-corrected chi connectivity index (χ3v) is 3.59. The third kappa shape index (κ3) is 3.37. The van der Waals surface area contributed by atoms with Crippen LogP contribution < -0.4 is 0 Å². The van der Waals surface area contributed by atoms with Crippen molar-refractivity contribution in [3.63, 3.8) is 0 Å². The van der Waals surface area contributed by atoms with E-state index in [0.717, 1.165) is 0 Å². The Morgan fingerprint density at radius 2 is 2.31 bits per heavy atom. The first-order valence-corrected chi connectivity index (χ1v) is 6.13. The lowest BCUT2D eigenvalue weighted by Crippen LogP contribution is -2.03. The summed E-state index contributed by atoms with van der Waals surface area (Å²) >= 11 is 7.36. The van der Waals surface area contributed by atoms with Gasteiger partial charge >= 0.3 is 0 Å².